The van der Waals surface area contributed by atoms with Gasteiger partial charge >= 0.3 is 113 Å². The zero-order chi connectivity index (χ0) is 121. The Kier molecular flexibility index (Phi) is 199. The molecule has 0 amide bonds. The van der Waals surface area contributed by atoms with E-state index in [9.17, 15) is 91.1 Å². The Morgan fingerprint density at radius 2 is 0.280 bits per heavy atom. The van der Waals surface area contributed by atoms with Crippen LogP contribution in [-0.2, 0) is 181 Å². The summed E-state index contributed by atoms with van der Waals surface area (Å²) in [7, 11) is 0. The molecular formula is C112H224O38. The SMILES string of the molecule is CCC(=O)OCCCC(C)C.CCC(=O)OCCCC(C)C.CCC(=O)OCCCC(C)C.CCOC(=O)C(C)(C)CC.CCOC(=O)C(C)CC.CCOC(=O)CC.CCOC(=O)CC.CCOC(=O)CC.CCOC(=O)CC.CCOC(=O)CC.CCOC(=O)CC.CCOC(=O)CC.CCOC(=O)CC.CCOC(=O)CC.CCOC(=O)CC.CCOC(=O)CC.CCOC(=O)CC.CCOC(=O)CC.CCOC(=O)CC. The molecule has 0 bridgehead atoms. The van der Waals surface area contributed by atoms with Gasteiger partial charge in [0, 0.05) is 109 Å². The van der Waals surface area contributed by atoms with Gasteiger partial charge in [0.25, 0.3) is 0 Å². The third-order valence-electron chi connectivity index (χ3n) is 15.8. The number of carbonyl (C=O) groups is 19. The van der Waals surface area contributed by atoms with Gasteiger partial charge in [-0.1, -0.05) is 180 Å². The maximum absolute atomic E-state index is 11.1. The molecule has 0 N–H and O–H groups in total. The Morgan fingerprint density at radius 3 is 0.360 bits per heavy atom. The highest BCUT2D eigenvalue weighted by molar-refractivity contribution is 5.76. The second kappa shape index (κ2) is 161. The van der Waals surface area contributed by atoms with Crippen LogP contribution in [0.1, 0.15) is 465 Å². The lowest BCUT2D eigenvalue weighted by molar-refractivity contribution is -0.154. The summed E-state index contributed by atoms with van der Waals surface area (Å²) in [6.45, 7) is 91.4. The molecule has 0 aliphatic heterocycles. The number of rotatable bonds is 49. The molecular weight excluding hydrogens is 1950 g/mol. The molecule has 900 valence electrons. The fraction of sp³-hybridized carbons (Fsp3) is 0.830. The number of esters is 19. The zero-order valence-electron chi connectivity index (χ0n) is 103. The molecule has 0 saturated carbocycles. The third-order valence-corrected chi connectivity index (χ3v) is 15.8. The van der Waals surface area contributed by atoms with Crippen LogP contribution in [0.3, 0.4) is 0 Å². The van der Waals surface area contributed by atoms with Crippen molar-refractivity contribution in [3.8, 4) is 0 Å². The van der Waals surface area contributed by atoms with Gasteiger partial charge in [-0.25, -0.2) is 0 Å². The lowest BCUT2D eigenvalue weighted by atomic mass is 9.91. The Morgan fingerprint density at radius 1 is 0.167 bits per heavy atom. The fourth-order valence-corrected chi connectivity index (χ4v) is 6.94. The number of ether oxygens (including phenoxy) is 19. The highest BCUT2D eigenvalue weighted by Crippen LogP contribution is 2.21. The molecule has 150 heavy (non-hydrogen) atoms. The molecule has 0 radical (unpaired) electrons. The standard InChI is InChI=1S/3C9H18O2.C8H16O2.C7H14O2.14C5H10O2/c3*1-4-9(10)11-7-5-6-8(2)3;1-5-8(3,4)7(9)10-6-2;1-4-6(3)7(8)9-5-2;14*1-3-5(6)7-4-2/h3*8H,4-7H2,1-3H3;5-6H2,1-4H3;6H,4-5H2,1-3H3;14*3-4H2,1-2H3. The lowest BCUT2D eigenvalue weighted by Crippen LogP contribution is -2.25. The minimum absolute atomic E-state index is 0.0601. The largest absolute Gasteiger partial charge is 0.466 e. The molecule has 0 aromatic heterocycles. The van der Waals surface area contributed by atoms with Crippen LogP contribution in [0.5, 0.6) is 0 Å². The molecule has 0 aromatic rings. The summed E-state index contributed by atoms with van der Waals surface area (Å²) in [5.41, 5.74) is -0.310. The Hall–Kier alpha value is -10.1. The first-order valence-corrected chi connectivity index (χ1v) is 54.6. The molecule has 0 aliphatic rings. The van der Waals surface area contributed by atoms with E-state index in [0.29, 0.717) is 252 Å². The lowest BCUT2D eigenvalue weighted by Gasteiger charge is -2.19. The van der Waals surface area contributed by atoms with E-state index < -0.39 is 0 Å². The first-order valence-electron chi connectivity index (χ1n) is 54.6. The van der Waals surface area contributed by atoms with Gasteiger partial charge in [0.1, 0.15) is 0 Å². The maximum Gasteiger partial charge on any atom is 0.311 e. The molecule has 0 heterocycles. The minimum Gasteiger partial charge on any atom is -0.466 e. The van der Waals surface area contributed by atoms with Gasteiger partial charge in [0.05, 0.1) is 137 Å². The normalized spacial score (nSPS) is 9.17. The van der Waals surface area contributed by atoms with Gasteiger partial charge in [-0.15, -0.1) is 0 Å². The summed E-state index contributed by atoms with van der Waals surface area (Å²) in [5, 5.41) is 0. The maximum atomic E-state index is 11.1. The molecule has 1 atom stereocenters. The quantitative estimate of drug-likeness (QED) is 0.0310. The van der Waals surface area contributed by atoms with Gasteiger partial charge in [-0.2, -0.15) is 0 Å². The van der Waals surface area contributed by atoms with Crippen LogP contribution in [0.4, 0.5) is 0 Å². The van der Waals surface area contributed by atoms with Crippen molar-refractivity contribution in [3.63, 3.8) is 0 Å². The molecule has 38 heteroatoms. The van der Waals surface area contributed by atoms with Crippen LogP contribution in [0, 0.1) is 29.1 Å². The minimum atomic E-state index is -0.310. The predicted octanol–water partition coefficient (Wildman–Crippen LogP) is 24.1. The van der Waals surface area contributed by atoms with Crippen molar-refractivity contribution in [2.24, 2.45) is 29.1 Å². The van der Waals surface area contributed by atoms with Gasteiger partial charge in [-0.05, 0) is 194 Å². The topological polar surface area (TPSA) is 500 Å². The van der Waals surface area contributed by atoms with E-state index in [1.54, 1.807) is 194 Å². The zero-order valence-corrected chi connectivity index (χ0v) is 103. The predicted molar refractivity (Wildman–Crippen MR) is 590 cm³/mol. The molecule has 38 nitrogen and oxygen atoms in total. The Labute approximate surface area is 910 Å². The van der Waals surface area contributed by atoms with Crippen LogP contribution in [-0.4, -0.2) is 239 Å². The van der Waals surface area contributed by atoms with E-state index in [2.05, 4.69) is 108 Å². The van der Waals surface area contributed by atoms with Gasteiger partial charge in [-0.3, -0.25) is 91.1 Å². The van der Waals surface area contributed by atoms with Crippen molar-refractivity contribution >= 4 is 113 Å². The monoisotopic (exact) mass is 2180 g/mol. The summed E-state index contributed by atoms with van der Waals surface area (Å²) in [5.74, 6) is 0.00436. The molecule has 0 spiro atoms. The molecule has 0 rings (SSSR count). The second-order valence-corrected chi connectivity index (χ2v) is 30.6. The van der Waals surface area contributed by atoms with E-state index in [1.165, 1.54) is 0 Å². The van der Waals surface area contributed by atoms with Crippen LogP contribution < -0.4 is 0 Å². The second-order valence-electron chi connectivity index (χ2n) is 30.6. The molecule has 1 unspecified atom stereocenters. The van der Waals surface area contributed by atoms with E-state index in [1.807, 2.05) is 69.2 Å². The van der Waals surface area contributed by atoms with Crippen molar-refractivity contribution in [2.45, 2.75) is 465 Å². The van der Waals surface area contributed by atoms with Crippen LogP contribution >= 0.6 is 0 Å². The average molecular weight is 2180 g/mol. The van der Waals surface area contributed by atoms with E-state index >= 15 is 0 Å². The summed E-state index contributed by atoms with van der Waals surface area (Å²) >= 11 is 0. The van der Waals surface area contributed by atoms with Crippen molar-refractivity contribution in [1.29, 1.82) is 0 Å². The summed E-state index contributed by atoms with van der Waals surface area (Å²) in [6.07, 6.45) is 16.2. The fourth-order valence-electron chi connectivity index (χ4n) is 6.94. The number of carbonyl (C=O) groups excluding carboxylic acids is 19. The van der Waals surface area contributed by atoms with E-state index in [-0.39, 0.29) is 125 Å². The Bertz CT molecular complexity index is 2460. The van der Waals surface area contributed by atoms with Crippen molar-refractivity contribution in [1.82, 2.24) is 0 Å². The average Bonchev–Trinajstić information content (AvgIpc) is 0.899. The number of hydrogen-bond donors (Lipinski definition) is 0. The van der Waals surface area contributed by atoms with Crippen molar-refractivity contribution in [2.75, 3.05) is 126 Å². The highest BCUT2D eigenvalue weighted by Gasteiger charge is 2.26. The van der Waals surface area contributed by atoms with E-state index in [0.717, 1.165) is 51.4 Å². The molecule has 0 fully saturated rings. The molecule has 0 aromatic carbocycles. The van der Waals surface area contributed by atoms with Gasteiger partial charge < -0.3 is 90.0 Å². The summed E-state index contributed by atoms with van der Waals surface area (Å²) in [4.78, 5) is 196. The van der Waals surface area contributed by atoms with Crippen LogP contribution in [0.25, 0.3) is 0 Å². The first-order chi connectivity index (χ1) is 70.6. The third kappa shape index (κ3) is 222. The van der Waals surface area contributed by atoms with E-state index in [4.69, 9.17) is 23.7 Å². The first kappa shape index (κ1) is 185. The van der Waals surface area contributed by atoms with Crippen LogP contribution in [0.15, 0.2) is 0 Å². The Balaban J connectivity index is -0.0000000712. The smallest absolute Gasteiger partial charge is 0.311 e. The molecule has 0 aliphatic carbocycles. The molecule has 0 saturated heterocycles. The summed E-state index contributed by atoms with van der Waals surface area (Å²) < 4.78 is 88.1. The van der Waals surface area contributed by atoms with Crippen molar-refractivity contribution < 1.29 is 181 Å². The highest BCUT2D eigenvalue weighted by atomic mass is 16.6. The van der Waals surface area contributed by atoms with Gasteiger partial charge in [0.2, 0.25) is 0 Å². The van der Waals surface area contributed by atoms with Crippen molar-refractivity contribution in [3.05, 3.63) is 0 Å². The van der Waals surface area contributed by atoms with Gasteiger partial charge in [0.15, 0.2) is 0 Å². The number of hydrogen-bond acceptors (Lipinski definition) is 38. The summed E-state index contributed by atoms with van der Waals surface area (Å²) in [6, 6.07) is 0. The van der Waals surface area contributed by atoms with Crippen LogP contribution in [0.2, 0.25) is 0 Å².